The Kier molecular flexibility index (Phi) is 5.85. The third-order valence-corrected chi connectivity index (χ3v) is 3.20. The Morgan fingerprint density at radius 1 is 1.50 bits per heavy atom. The summed E-state index contributed by atoms with van der Waals surface area (Å²) in [5, 5.41) is 7.54. The number of nitrogens with one attached hydrogen (secondary N) is 1. The lowest BCUT2D eigenvalue weighted by molar-refractivity contribution is 0.476. The molecule has 102 valence electrons. The Bertz CT molecular complexity index is 416. The fourth-order valence-corrected chi connectivity index (χ4v) is 1.54. The van der Waals surface area contributed by atoms with Crippen LogP contribution in [0.15, 0.2) is 17.1 Å². The van der Waals surface area contributed by atoms with Gasteiger partial charge < -0.3 is 10.2 Å². The molecular weight excluding hydrogens is 228 g/mol. The fraction of sp³-hybridized carbons (Fsp3) is 0.692. The maximum Gasteiger partial charge on any atom is 0.268 e. The van der Waals surface area contributed by atoms with Crippen LogP contribution >= 0.6 is 0 Å². The van der Waals surface area contributed by atoms with Gasteiger partial charge in [0.2, 0.25) is 0 Å². The summed E-state index contributed by atoms with van der Waals surface area (Å²) in [5.74, 6) is 0. The molecule has 0 aliphatic carbocycles. The van der Waals surface area contributed by atoms with Crippen molar-refractivity contribution in [2.45, 2.75) is 39.8 Å². The van der Waals surface area contributed by atoms with Crippen LogP contribution in [0.2, 0.25) is 0 Å². The first-order valence-corrected chi connectivity index (χ1v) is 6.60. The van der Waals surface area contributed by atoms with E-state index in [1.807, 2.05) is 18.9 Å². The molecule has 0 amide bonds. The fourth-order valence-electron chi connectivity index (χ4n) is 1.54. The first kappa shape index (κ1) is 14.7. The summed E-state index contributed by atoms with van der Waals surface area (Å²) in [6, 6.07) is 2.12. The Hall–Kier alpha value is -1.36. The second kappa shape index (κ2) is 7.16. The van der Waals surface area contributed by atoms with Crippen molar-refractivity contribution >= 4 is 5.69 Å². The van der Waals surface area contributed by atoms with E-state index in [1.54, 1.807) is 12.3 Å². The third-order valence-electron chi connectivity index (χ3n) is 3.20. The van der Waals surface area contributed by atoms with Crippen LogP contribution in [0.5, 0.6) is 0 Å². The molecular formula is C13H24N4O. The lowest BCUT2D eigenvalue weighted by atomic mass is 10.3. The molecule has 0 aromatic carbocycles. The number of anilines is 1. The van der Waals surface area contributed by atoms with E-state index in [-0.39, 0.29) is 5.56 Å². The van der Waals surface area contributed by atoms with Crippen molar-refractivity contribution in [3.63, 3.8) is 0 Å². The molecule has 0 aliphatic heterocycles. The van der Waals surface area contributed by atoms with Gasteiger partial charge in [-0.15, -0.1) is 0 Å². The van der Waals surface area contributed by atoms with Gasteiger partial charge in [-0.2, -0.15) is 5.10 Å². The summed E-state index contributed by atoms with van der Waals surface area (Å²) in [7, 11) is 1.95. The minimum Gasteiger partial charge on any atom is -0.373 e. The van der Waals surface area contributed by atoms with Crippen LogP contribution in [-0.4, -0.2) is 36.0 Å². The first-order chi connectivity index (χ1) is 8.58. The highest BCUT2D eigenvalue weighted by Gasteiger charge is 2.03. The number of hydrogen-bond donors (Lipinski definition) is 1. The molecule has 1 atom stereocenters. The van der Waals surface area contributed by atoms with E-state index in [1.165, 1.54) is 4.68 Å². The smallest absolute Gasteiger partial charge is 0.268 e. The molecule has 0 aliphatic rings. The van der Waals surface area contributed by atoms with E-state index < -0.39 is 0 Å². The molecule has 0 fully saturated rings. The minimum absolute atomic E-state index is 0.0428. The quantitative estimate of drug-likeness (QED) is 0.789. The van der Waals surface area contributed by atoms with Gasteiger partial charge in [-0.05, 0) is 20.3 Å². The van der Waals surface area contributed by atoms with Gasteiger partial charge in [0.15, 0.2) is 0 Å². The number of aromatic nitrogens is 2. The van der Waals surface area contributed by atoms with Crippen molar-refractivity contribution < 1.29 is 0 Å². The van der Waals surface area contributed by atoms with Crippen LogP contribution < -0.4 is 15.8 Å². The van der Waals surface area contributed by atoms with Crippen LogP contribution in [0.25, 0.3) is 0 Å². The highest BCUT2D eigenvalue weighted by Crippen LogP contribution is 2.05. The van der Waals surface area contributed by atoms with Gasteiger partial charge in [0.05, 0.1) is 18.4 Å². The van der Waals surface area contributed by atoms with Crippen molar-refractivity contribution in [2.24, 2.45) is 0 Å². The first-order valence-electron chi connectivity index (χ1n) is 6.60. The van der Waals surface area contributed by atoms with Crippen molar-refractivity contribution in [2.75, 3.05) is 25.0 Å². The highest BCUT2D eigenvalue weighted by molar-refractivity contribution is 5.41. The highest BCUT2D eigenvalue weighted by atomic mass is 16.1. The lowest BCUT2D eigenvalue weighted by Crippen LogP contribution is -2.33. The monoisotopic (exact) mass is 252 g/mol. The molecule has 1 unspecified atom stereocenters. The van der Waals surface area contributed by atoms with Crippen molar-refractivity contribution in [1.29, 1.82) is 0 Å². The maximum absolute atomic E-state index is 11.9. The van der Waals surface area contributed by atoms with Gasteiger partial charge in [-0.25, -0.2) is 4.68 Å². The molecule has 1 aromatic rings. The van der Waals surface area contributed by atoms with E-state index in [0.29, 0.717) is 12.6 Å². The third kappa shape index (κ3) is 4.14. The van der Waals surface area contributed by atoms with Crippen LogP contribution in [-0.2, 0) is 6.54 Å². The Morgan fingerprint density at radius 3 is 2.78 bits per heavy atom. The molecule has 5 heteroatoms. The molecule has 0 spiro atoms. The van der Waals surface area contributed by atoms with Crippen molar-refractivity contribution in [3.8, 4) is 0 Å². The molecule has 0 bridgehead atoms. The maximum atomic E-state index is 11.9. The molecule has 1 heterocycles. The van der Waals surface area contributed by atoms with Gasteiger partial charge >= 0.3 is 0 Å². The average Bonchev–Trinajstić information content (AvgIpc) is 2.39. The van der Waals surface area contributed by atoms with Gasteiger partial charge in [-0.1, -0.05) is 6.92 Å². The summed E-state index contributed by atoms with van der Waals surface area (Å²) in [4.78, 5) is 13.8. The van der Waals surface area contributed by atoms with E-state index in [0.717, 1.165) is 25.2 Å². The Labute approximate surface area is 109 Å². The number of nitrogens with zero attached hydrogens (tertiary/aromatic N) is 3. The van der Waals surface area contributed by atoms with Gasteiger partial charge in [-0.3, -0.25) is 4.79 Å². The molecule has 18 heavy (non-hydrogen) atoms. The second-order valence-electron chi connectivity index (χ2n) is 4.55. The zero-order chi connectivity index (χ0) is 13.5. The van der Waals surface area contributed by atoms with Crippen LogP contribution in [0.1, 0.15) is 27.2 Å². The van der Waals surface area contributed by atoms with Gasteiger partial charge in [0.1, 0.15) is 0 Å². The summed E-state index contributed by atoms with van der Waals surface area (Å²) in [5.41, 5.74) is 0.826. The Balaban J connectivity index is 2.60. The standard InChI is InChI=1S/C13H24N4O/c1-5-11(3)14-7-8-17-13(18)9-12(10-15-17)16(4)6-2/h9-11,14H,5-8H2,1-4H3. The zero-order valence-electron chi connectivity index (χ0n) is 11.8. The van der Waals surface area contributed by atoms with E-state index in [9.17, 15) is 4.79 Å². The summed E-state index contributed by atoms with van der Waals surface area (Å²) < 4.78 is 1.50. The molecule has 5 nitrogen and oxygen atoms in total. The van der Waals surface area contributed by atoms with Crippen LogP contribution in [0.4, 0.5) is 5.69 Å². The predicted octanol–water partition coefficient (Wildman–Crippen LogP) is 1.09. The minimum atomic E-state index is -0.0428. The SMILES string of the molecule is CCC(C)NCCn1ncc(N(C)CC)cc1=O. The number of hydrogen-bond acceptors (Lipinski definition) is 4. The van der Waals surface area contributed by atoms with Gasteiger partial charge in [0.25, 0.3) is 5.56 Å². The summed E-state index contributed by atoms with van der Waals surface area (Å²) in [6.07, 6.45) is 2.83. The zero-order valence-corrected chi connectivity index (χ0v) is 11.8. The molecule has 1 aromatic heterocycles. The Morgan fingerprint density at radius 2 is 2.22 bits per heavy atom. The van der Waals surface area contributed by atoms with Gasteiger partial charge in [0, 0.05) is 32.2 Å². The normalized spacial score (nSPS) is 12.4. The van der Waals surface area contributed by atoms with Crippen molar-refractivity contribution in [1.82, 2.24) is 15.1 Å². The molecule has 0 saturated carbocycles. The van der Waals surface area contributed by atoms with Crippen LogP contribution in [0.3, 0.4) is 0 Å². The summed E-state index contributed by atoms with van der Waals surface area (Å²) in [6.45, 7) is 8.55. The second-order valence-corrected chi connectivity index (χ2v) is 4.55. The van der Waals surface area contributed by atoms with E-state index in [4.69, 9.17) is 0 Å². The molecule has 1 rings (SSSR count). The lowest BCUT2D eigenvalue weighted by Gasteiger charge is -2.16. The largest absolute Gasteiger partial charge is 0.373 e. The van der Waals surface area contributed by atoms with Crippen molar-refractivity contribution in [3.05, 3.63) is 22.6 Å². The molecule has 0 radical (unpaired) electrons. The van der Waals surface area contributed by atoms with E-state index in [2.05, 4.69) is 24.3 Å². The van der Waals surface area contributed by atoms with Crippen LogP contribution in [0, 0.1) is 0 Å². The molecule has 0 saturated heterocycles. The average molecular weight is 252 g/mol. The number of rotatable bonds is 7. The molecule has 1 N–H and O–H groups in total. The predicted molar refractivity (Wildman–Crippen MR) is 75.2 cm³/mol. The van der Waals surface area contributed by atoms with E-state index >= 15 is 0 Å². The topological polar surface area (TPSA) is 50.2 Å². The summed E-state index contributed by atoms with van der Waals surface area (Å²) >= 11 is 0.